The zero-order chi connectivity index (χ0) is 7.98. The molecule has 62 valence electrons. The first-order valence-electron chi connectivity index (χ1n) is 3.28. The van der Waals surface area contributed by atoms with Crippen LogP contribution in [-0.4, -0.2) is 31.8 Å². The SMILES string of the molecule is CPC(PC)P(PC)PC. The van der Waals surface area contributed by atoms with Crippen LogP contribution < -0.4 is 0 Å². The largest absolute Gasteiger partial charge is 0.113 e. The van der Waals surface area contributed by atoms with Gasteiger partial charge in [-0.1, -0.05) is 23.8 Å². The monoisotopic (exact) mass is 232 g/mol. The standard InChI is InChI=1S/C5H17P5/c1-6-5(7-2)10(8-3)9-4/h5-9H,1-4H3. The van der Waals surface area contributed by atoms with Crippen LogP contribution in [0.5, 0.6) is 0 Å². The Labute approximate surface area is 73.1 Å². The van der Waals surface area contributed by atoms with Crippen molar-refractivity contribution in [1.82, 2.24) is 0 Å². The molecule has 0 spiro atoms. The quantitative estimate of drug-likeness (QED) is 0.632. The van der Waals surface area contributed by atoms with Gasteiger partial charge < -0.3 is 0 Å². The van der Waals surface area contributed by atoms with Crippen molar-refractivity contribution in [1.29, 1.82) is 0 Å². The van der Waals surface area contributed by atoms with Crippen molar-refractivity contribution in [2.45, 2.75) is 5.14 Å². The fourth-order valence-corrected chi connectivity index (χ4v) is 18.3. The van der Waals surface area contributed by atoms with Crippen molar-refractivity contribution in [3.8, 4) is 0 Å². The van der Waals surface area contributed by atoms with Crippen molar-refractivity contribution in [2.24, 2.45) is 0 Å². The second-order valence-corrected chi connectivity index (χ2v) is 14.7. The molecule has 4 unspecified atom stereocenters. The van der Waals surface area contributed by atoms with Crippen LogP contribution >= 0.6 is 41.0 Å². The van der Waals surface area contributed by atoms with Gasteiger partial charge in [-0.2, -0.15) is 0 Å². The van der Waals surface area contributed by atoms with Gasteiger partial charge in [0.15, 0.2) is 0 Å². The molecule has 4 atom stereocenters. The molecule has 0 bridgehead atoms. The molecule has 0 nitrogen and oxygen atoms in total. The molecule has 0 aliphatic heterocycles. The molecule has 0 fully saturated rings. The van der Waals surface area contributed by atoms with Gasteiger partial charge in [0.25, 0.3) is 0 Å². The molecule has 0 aliphatic carbocycles. The van der Waals surface area contributed by atoms with Crippen LogP contribution in [0.2, 0.25) is 0 Å². The van der Waals surface area contributed by atoms with E-state index < -0.39 is 0 Å². The molecule has 10 heavy (non-hydrogen) atoms. The first-order chi connectivity index (χ1) is 4.79. The smallest absolute Gasteiger partial charge is 0.0204 e. The van der Waals surface area contributed by atoms with Crippen LogP contribution in [0.4, 0.5) is 0 Å². The number of hydrogen-bond acceptors (Lipinski definition) is 0. The van der Waals surface area contributed by atoms with E-state index in [1.807, 2.05) is 0 Å². The summed E-state index contributed by atoms with van der Waals surface area (Å²) < 4.78 is 0. The second-order valence-electron chi connectivity index (χ2n) is 1.80. The summed E-state index contributed by atoms with van der Waals surface area (Å²) in [6.45, 7) is 9.51. The minimum Gasteiger partial charge on any atom is -0.113 e. The lowest BCUT2D eigenvalue weighted by Crippen LogP contribution is -1.79. The summed E-state index contributed by atoms with van der Waals surface area (Å²) in [5, 5.41) is 1.13. The van der Waals surface area contributed by atoms with Crippen LogP contribution in [-0.2, 0) is 0 Å². The van der Waals surface area contributed by atoms with E-state index in [-0.39, 0.29) is 0 Å². The van der Waals surface area contributed by atoms with E-state index in [0.29, 0.717) is 7.30 Å². The third kappa shape index (κ3) is 4.24. The van der Waals surface area contributed by atoms with Crippen molar-refractivity contribution < 1.29 is 0 Å². The third-order valence-corrected chi connectivity index (χ3v) is 20.3. The fourth-order valence-electron chi connectivity index (χ4n) is 0.773. The fraction of sp³-hybridized carbons (Fsp3) is 1.00. The lowest BCUT2D eigenvalue weighted by atomic mass is 11.8. The Balaban J connectivity index is 3.70. The molecular formula is C5H17P5. The predicted octanol–water partition coefficient (Wildman–Crippen LogP) is 3.82. The molecule has 0 saturated heterocycles. The highest BCUT2D eigenvalue weighted by Gasteiger charge is 2.13. The lowest BCUT2D eigenvalue weighted by molar-refractivity contribution is 1.96. The molecule has 5 heteroatoms. The second kappa shape index (κ2) is 7.78. The lowest BCUT2D eigenvalue weighted by Gasteiger charge is -2.22. The summed E-state index contributed by atoms with van der Waals surface area (Å²) in [5.74, 6) is 0. The van der Waals surface area contributed by atoms with Crippen LogP contribution in [0.25, 0.3) is 0 Å². The van der Waals surface area contributed by atoms with Crippen LogP contribution in [0.3, 0.4) is 0 Å². The van der Waals surface area contributed by atoms with Crippen molar-refractivity contribution in [3.63, 3.8) is 0 Å². The van der Waals surface area contributed by atoms with E-state index in [0.717, 1.165) is 5.14 Å². The summed E-state index contributed by atoms with van der Waals surface area (Å²) >= 11 is 0. The van der Waals surface area contributed by atoms with Gasteiger partial charge >= 0.3 is 0 Å². The molecular weight excluding hydrogens is 215 g/mol. The van der Waals surface area contributed by atoms with Gasteiger partial charge in [-0.15, -0.1) is 17.2 Å². The first-order valence-corrected chi connectivity index (χ1v) is 12.5. The Kier molecular flexibility index (Phi) is 9.45. The van der Waals surface area contributed by atoms with Gasteiger partial charge in [-0.3, -0.25) is 0 Å². The minimum atomic E-state index is 0.460. The predicted molar refractivity (Wildman–Crippen MR) is 67.7 cm³/mol. The first kappa shape index (κ1) is 12.2. The zero-order valence-corrected chi connectivity index (χ0v) is 11.9. The third-order valence-electron chi connectivity index (χ3n) is 1.29. The molecule has 0 aliphatic rings. The van der Waals surface area contributed by atoms with Gasteiger partial charge in [-0.25, -0.2) is 0 Å². The van der Waals surface area contributed by atoms with Gasteiger partial charge in [0.1, 0.15) is 0 Å². The summed E-state index contributed by atoms with van der Waals surface area (Å²) in [6, 6.07) is 0. The van der Waals surface area contributed by atoms with Crippen LogP contribution in [0.15, 0.2) is 0 Å². The number of rotatable bonds is 5. The molecule has 0 aromatic carbocycles. The Morgan fingerprint density at radius 1 is 0.900 bits per heavy atom. The Morgan fingerprint density at radius 3 is 1.40 bits per heavy atom. The van der Waals surface area contributed by atoms with Crippen molar-refractivity contribution >= 4 is 41.0 Å². The van der Waals surface area contributed by atoms with E-state index in [1.54, 1.807) is 0 Å². The zero-order valence-electron chi connectivity index (χ0n) is 7.02. The molecule has 0 aromatic rings. The highest BCUT2D eigenvalue weighted by atomic mass is 32.4. The van der Waals surface area contributed by atoms with E-state index >= 15 is 0 Å². The summed E-state index contributed by atoms with van der Waals surface area (Å²) in [5.41, 5.74) is 0. The average molecular weight is 232 g/mol. The van der Waals surface area contributed by atoms with Crippen molar-refractivity contribution in [2.75, 3.05) is 26.7 Å². The van der Waals surface area contributed by atoms with Crippen LogP contribution in [0.1, 0.15) is 0 Å². The van der Waals surface area contributed by atoms with Gasteiger partial charge in [0.05, 0.1) is 0 Å². The van der Waals surface area contributed by atoms with E-state index in [4.69, 9.17) is 0 Å². The van der Waals surface area contributed by atoms with E-state index in [1.165, 1.54) is 33.7 Å². The molecule has 0 aromatic heterocycles. The number of hydrogen-bond donors (Lipinski definition) is 0. The molecule has 0 radical (unpaired) electrons. The molecule has 0 heterocycles. The average Bonchev–Trinajstić information content (AvgIpc) is 2.00. The van der Waals surface area contributed by atoms with E-state index in [9.17, 15) is 0 Å². The Bertz CT molecular complexity index is 58.4. The normalized spacial score (nSPS) is 21.6. The highest BCUT2D eigenvalue weighted by Crippen LogP contribution is 2.75. The molecule has 0 saturated carbocycles. The highest BCUT2D eigenvalue weighted by molar-refractivity contribution is 8.54. The summed E-state index contributed by atoms with van der Waals surface area (Å²) in [6.07, 6.45) is 0. The minimum absolute atomic E-state index is 0.460. The van der Waals surface area contributed by atoms with Gasteiger partial charge in [0.2, 0.25) is 0 Å². The Hall–Kier alpha value is 2.15. The molecule has 0 amide bonds. The topological polar surface area (TPSA) is 0 Å². The van der Waals surface area contributed by atoms with Crippen molar-refractivity contribution in [3.05, 3.63) is 0 Å². The maximum atomic E-state index is 2.38. The summed E-state index contributed by atoms with van der Waals surface area (Å²) in [4.78, 5) is 0. The maximum absolute atomic E-state index is 2.38. The molecule has 0 rings (SSSR count). The Morgan fingerprint density at radius 2 is 1.30 bits per heavy atom. The van der Waals surface area contributed by atoms with E-state index in [2.05, 4.69) is 26.7 Å². The van der Waals surface area contributed by atoms with Gasteiger partial charge in [0, 0.05) is 5.14 Å². The summed E-state index contributed by atoms with van der Waals surface area (Å²) in [7, 11) is 5.32. The van der Waals surface area contributed by atoms with Crippen LogP contribution in [0, 0.1) is 0 Å². The molecule has 0 N–H and O–H groups in total. The maximum Gasteiger partial charge on any atom is 0.0204 e. The van der Waals surface area contributed by atoms with Gasteiger partial charge in [-0.05, 0) is 26.7 Å².